The topological polar surface area (TPSA) is 103 Å². The fourth-order valence-electron chi connectivity index (χ4n) is 3.86. The second-order valence-corrected chi connectivity index (χ2v) is 8.17. The molecule has 4 rings (SSSR count). The first-order valence-electron chi connectivity index (χ1n) is 10.4. The van der Waals surface area contributed by atoms with Crippen molar-refractivity contribution in [1.82, 2.24) is 10.3 Å². The Labute approximate surface area is 207 Å². The third kappa shape index (κ3) is 4.72. The number of aromatic nitrogens is 1. The first-order chi connectivity index (χ1) is 17.2. The Kier molecular flexibility index (Phi) is 6.90. The summed E-state index contributed by atoms with van der Waals surface area (Å²) in [6, 6.07) is 11.7. The smallest absolute Gasteiger partial charge is 0.326 e. The van der Waals surface area contributed by atoms with E-state index < -0.39 is 47.4 Å². The first-order valence-corrected chi connectivity index (χ1v) is 10.8. The summed E-state index contributed by atoms with van der Waals surface area (Å²) in [6.07, 6.45) is 1.02. The van der Waals surface area contributed by atoms with Gasteiger partial charge in [-0.25, -0.2) is 18.0 Å². The SMILES string of the molecule is N#Cc1ccc(-c2c(F)cc(C[C@H](NC(=O)c3c(F)cccc3F)C(=O)O)c3cccnc23)c(Cl)c1. The van der Waals surface area contributed by atoms with E-state index in [1.807, 2.05) is 6.07 Å². The normalized spacial score (nSPS) is 11.6. The number of carboxylic acids is 1. The summed E-state index contributed by atoms with van der Waals surface area (Å²) in [5.41, 5.74) is 0.0480. The van der Waals surface area contributed by atoms with Gasteiger partial charge in [-0.3, -0.25) is 9.78 Å². The predicted octanol–water partition coefficient (Wildman–Crippen LogP) is 5.27. The largest absolute Gasteiger partial charge is 0.480 e. The van der Waals surface area contributed by atoms with E-state index in [2.05, 4.69) is 10.3 Å². The molecule has 36 heavy (non-hydrogen) atoms. The molecule has 180 valence electrons. The lowest BCUT2D eigenvalue weighted by atomic mass is 9.94. The molecule has 1 atom stereocenters. The van der Waals surface area contributed by atoms with Gasteiger partial charge in [0.25, 0.3) is 5.91 Å². The van der Waals surface area contributed by atoms with Crippen molar-refractivity contribution in [1.29, 1.82) is 5.26 Å². The molecule has 0 radical (unpaired) electrons. The van der Waals surface area contributed by atoms with Crippen LogP contribution in [0.3, 0.4) is 0 Å². The van der Waals surface area contributed by atoms with Crippen LogP contribution in [0.5, 0.6) is 0 Å². The second kappa shape index (κ2) is 10.1. The summed E-state index contributed by atoms with van der Waals surface area (Å²) in [5, 5.41) is 21.3. The molecule has 1 aromatic heterocycles. The van der Waals surface area contributed by atoms with Gasteiger partial charge < -0.3 is 10.4 Å². The molecule has 0 aliphatic rings. The van der Waals surface area contributed by atoms with Gasteiger partial charge in [-0.15, -0.1) is 0 Å². The lowest BCUT2D eigenvalue weighted by Gasteiger charge is -2.18. The van der Waals surface area contributed by atoms with Gasteiger partial charge in [-0.2, -0.15) is 5.26 Å². The van der Waals surface area contributed by atoms with Crippen molar-refractivity contribution < 1.29 is 27.9 Å². The number of nitriles is 1. The fraction of sp³-hybridized carbons (Fsp3) is 0.0769. The maximum atomic E-state index is 15.4. The van der Waals surface area contributed by atoms with E-state index in [1.165, 1.54) is 24.4 Å². The Balaban J connectivity index is 1.76. The van der Waals surface area contributed by atoms with Gasteiger partial charge in [-0.1, -0.05) is 29.8 Å². The average Bonchev–Trinajstić information content (AvgIpc) is 2.84. The molecule has 1 amide bonds. The highest BCUT2D eigenvalue weighted by Gasteiger charge is 2.27. The van der Waals surface area contributed by atoms with Crippen molar-refractivity contribution in [3.63, 3.8) is 0 Å². The van der Waals surface area contributed by atoms with E-state index >= 15 is 4.39 Å². The molecule has 0 saturated carbocycles. The fourth-order valence-corrected chi connectivity index (χ4v) is 4.13. The Morgan fingerprint density at radius 1 is 1.06 bits per heavy atom. The monoisotopic (exact) mass is 509 g/mol. The standard InChI is InChI=1S/C26H15ClF3N3O3/c27-17-9-13(12-31)6-7-16(17)22-20(30)10-14(15-3-2-8-32-24(15)22)11-21(26(35)36)33-25(34)23-18(28)4-1-5-19(23)29/h1-10,21H,11H2,(H,33,34)(H,35,36)/t21-/m0/s1. The average molecular weight is 510 g/mol. The molecule has 6 nitrogen and oxygen atoms in total. The van der Waals surface area contributed by atoms with Gasteiger partial charge in [-0.05, 0) is 42.0 Å². The van der Waals surface area contributed by atoms with Crippen LogP contribution < -0.4 is 5.32 Å². The molecule has 0 bridgehead atoms. The van der Waals surface area contributed by atoms with E-state index in [4.69, 9.17) is 16.9 Å². The van der Waals surface area contributed by atoms with E-state index in [0.717, 1.165) is 24.3 Å². The number of nitrogens with one attached hydrogen (secondary N) is 1. The quantitative estimate of drug-likeness (QED) is 0.368. The number of nitrogens with zero attached hydrogens (tertiary/aromatic N) is 2. The summed E-state index contributed by atoms with van der Waals surface area (Å²) in [5.74, 6) is -5.82. The van der Waals surface area contributed by atoms with E-state index in [-0.39, 0.29) is 32.8 Å². The lowest BCUT2D eigenvalue weighted by molar-refractivity contribution is -0.139. The minimum absolute atomic E-state index is 0.0492. The van der Waals surface area contributed by atoms with Crippen LogP contribution in [0.4, 0.5) is 13.2 Å². The number of amides is 1. The number of hydrogen-bond donors (Lipinski definition) is 2. The van der Waals surface area contributed by atoms with Crippen LogP contribution in [-0.4, -0.2) is 28.0 Å². The number of aliphatic carboxylic acids is 1. The van der Waals surface area contributed by atoms with Crippen molar-refractivity contribution in [2.24, 2.45) is 0 Å². The summed E-state index contributed by atoms with van der Waals surface area (Å²) in [6.45, 7) is 0. The molecule has 3 aromatic carbocycles. The minimum atomic E-state index is -1.64. The van der Waals surface area contributed by atoms with Crippen LogP contribution >= 0.6 is 11.6 Å². The third-order valence-corrected chi connectivity index (χ3v) is 5.83. The summed E-state index contributed by atoms with van der Waals surface area (Å²) < 4.78 is 43.4. The molecule has 0 spiro atoms. The van der Waals surface area contributed by atoms with Crippen molar-refractivity contribution in [2.45, 2.75) is 12.5 Å². The molecule has 0 unspecified atom stereocenters. The van der Waals surface area contributed by atoms with Gasteiger partial charge in [0.05, 0.1) is 17.1 Å². The number of carbonyl (C=O) groups is 2. The molecule has 1 heterocycles. The van der Waals surface area contributed by atoms with Gasteiger partial charge in [0.15, 0.2) is 0 Å². The molecule has 0 fully saturated rings. The zero-order valence-corrected chi connectivity index (χ0v) is 19.0. The van der Waals surface area contributed by atoms with Gasteiger partial charge >= 0.3 is 5.97 Å². The van der Waals surface area contributed by atoms with Crippen LogP contribution in [0.1, 0.15) is 21.5 Å². The van der Waals surface area contributed by atoms with Crippen LogP contribution in [0.2, 0.25) is 5.02 Å². The van der Waals surface area contributed by atoms with E-state index in [9.17, 15) is 23.5 Å². The molecule has 4 aromatic rings. The van der Waals surface area contributed by atoms with E-state index in [0.29, 0.717) is 5.39 Å². The highest BCUT2D eigenvalue weighted by molar-refractivity contribution is 6.33. The lowest BCUT2D eigenvalue weighted by Crippen LogP contribution is -2.43. The predicted molar refractivity (Wildman–Crippen MR) is 126 cm³/mol. The molecule has 0 aliphatic carbocycles. The Hall–Kier alpha value is -4.42. The maximum Gasteiger partial charge on any atom is 0.326 e. The third-order valence-electron chi connectivity index (χ3n) is 5.52. The van der Waals surface area contributed by atoms with E-state index in [1.54, 1.807) is 12.1 Å². The van der Waals surface area contributed by atoms with Crippen LogP contribution in [0.25, 0.3) is 22.0 Å². The Morgan fingerprint density at radius 2 is 1.78 bits per heavy atom. The summed E-state index contributed by atoms with van der Waals surface area (Å²) >= 11 is 6.29. The van der Waals surface area contributed by atoms with Crippen LogP contribution in [0.15, 0.2) is 60.8 Å². The number of hydrogen-bond acceptors (Lipinski definition) is 4. The highest BCUT2D eigenvalue weighted by Crippen LogP contribution is 2.37. The molecule has 10 heteroatoms. The molecular formula is C26H15ClF3N3O3. The maximum absolute atomic E-state index is 15.4. The van der Waals surface area contributed by atoms with Gasteiger partial charge in [0.1, 0.15) is 29.1 Å². The zero-order valence-electron chi connectivity index (χ0n) is 18.2. The van der Waals surface area contributed by atoms with Gasteiger partial charge in [0, 0.05) is 34.2 Å². The first kappa shape index (κ1) is 24.7. The summed E-state index contributed by atoms with van der Waals surface area (Å²) in [7, 11) is 0. The molecular weight excluding hydrogens is 495 g/mol. The number of rotatable bonds is 6. The number of carboxylic acid groups (broad SMARTS) is 1. The number of benzene rings is 3. The molecule has 0 saturated heterocycles. The minimum Gasteiger partial charge on any atom is -0.480 e. The van der Waals surface area contributed by atoms with Crippen LogP contribution in [-0.2, 0) is 11.2 Å². The number of pyridine rings is 1. The molecule has 0 aliphatic heterocycles. The number of halogens is 4. The van der Waals surface area contributed by atoms with Crippen molar-refractivity contribution >= 4 is 34.4 Å². The van der Waals surface area contributed by atoms with Gasteiger partial charge in [0.2, 0.25) is 0 Å². The van der Waals surface area contributed by atoms with Crippen molar-refractivity contribution in [3.8, 4) is 17.2 Å². The number of carbonyl (C=O) groups excluding carboxylic acids is 1. The Bertz CT molecular complexity index is 1550. The van der Waals surface area contributed by atoms with Crippen molar-refractivity contribution in [2.75, 3.05) is 0 Å². The summed E-state index contributed by atoms with van der Waals surface area (Å²) in [4.78, 5) is 28.6. The Morgan fingerprint density at radius 3 is 2.42 bits per heavy atom. The molecule has 2 N–H and O–H groups in total. The zero-order chi connectivity index (χ0) is 26.0. The van der Waals surface area contributed by atoms with Crippen molar-refractivity contribution in [3.05, 3.63) is 100.0 Å². The van der Waals surface area contributed by atoms with Crippen LogP contribution in [0, 0.1) is 28.8 Å². The second-order valence-electron chi connectivity index (χ2n) is 7.76. The number of fused-ring (bicyclic) bond motifs is 1. The highest BCUT2D eigenvalue weighted by atomic mass is 35.5.